The van der Waals surface area contributed by atoms with Gasteiger partial charge in [-0.15, -0.1) is 0 Å². The van der Waals surface area contributed by atoms with Gasteiger partial charge in [-0.25, -0.2) is 4.79 Å². The number of hydrogen-bond acceptors (Lipinski definition) is 7. The molecule has 3 aromatic carbocycles. The minimum atomic E-state index is -0.871. The summed E-state index contributed by atoms with van der Waals surface area (Å²) in [6, 6.07) is 23.8. The number of H-pyrrole nitrogens is 1. The minimum Gasteiger partial charge on any atom is -0.506 e. The van der Waals surface area contributed by atoms with Crippen LogP contribution in [0.15, 0.2) is 83.7 Å². The smallest absolute Gasteiger partial charge is 0.408 e. The molecule has 10 heteroatoms. The molecular weight excluding hydrogens is 644 g/mol. The van der Waals surface area contributed by atoms with Crippen LogP contribution in [0, 0.1) is 5.92 Å². The number of pyridine rings is 1. The Hall–Kier alpha value is -4.38. The van der Waals surface area contributed by atoms with Crippen molar-refractivity contribution in [3.05, 3.63) is 106 Å². The topological polar surface area (TPSA) is 138 Å². The van der Waals surface area contributed by atoms with Crippen LogP contribution >= 0.6 is 0 Å². The van der Waals surface area contributed by atoms with Gasteiger partial charge in [0.25, 0.3) is 0 Å². The minimum absolute atomic E-state index is 0.0119. The maximum atomic E-state index is 12.9. The van der Waals surface area contributed by atoms with E-state index in [0.29, 0.717) is 35.5 Å². The zero-order chi connectivity index (χ0) is 35.6. The van der Waals surface area contributed by atoms with Crippen LogP contribution in [0.3, 0.4) is 0 Å². The molecule has 3 fully saturated rings. The number of aromatic nitrogens is 1. The Balaban J connectivity index is 0.902. The van der Waals surface area contributed by atoms with Crippen molar-refractivity contribution < 1.29 is 24.9 Å². The summed E-state index contributed by atoms with van der Waals surface area (Å²) in [7, 11) is 0. The average molecular weight is 697 g/mol. The fourth-order valence-electron chi connectivity index (χ4n) is 7.94. The summed E-state index contributed by atoms with van der Waals surface area (Å²) in [5, 5.41) is 35.3. The number of fused-ring (bicyclic) bond motifs is 4. The van der Waals surface area contributed by atoms with E-state index in [4.69, 9.17) is 4.74 Å². The number of carboxylic acid groups (broad SMARTS) is 1. The molecule has 10 nitrogen and oxygen atoms in total. The van der Waals surface area contributed by atoms with Crippen LogP contribution < -0.4 is 15.6 Å². The number of hydrogen-bond donors (Lipinski definition) is 5. The highest BCUT2D eigenvalue weighted by Crippen LogP contribution is 2.39. The molecule has 0 radical (unpaired) electrons. The molecule has 0 aliphatic carbocycles. The number of benzene rings is 3. The van der Waals surface area contributed by atoms with E-state index < -0.39 is 18.2 Å². The van der Waals surface area contributed by atoms with E-state index in [1.165, 1.54) is 18.6 Å². The van der Waals surface area contributed by atoms with E-state index in [0.717, 1.165) is 94.4 Å². The summed E-state index contributed by atoms with van der Waals surface area (Å²) in [5.41, 5.74) is 2.63. The lowest BCUT2D eigenvalue weighted by molar-refractivity contribution is -0.000811. The number of aromatic amines is 1. The number of unbranched alkanes of at least 4 members (excludes halogenated alkanes) is 6. The van der Waals surface area contributed by atoms with Crippen molar-refractivity contribution in [1.82, 2.24) is 20.1 Å². The van der Waals surface area contributed by atoms with Gasteiger partial charge in [0.05, 0.1) is 30.3 Å². The quantitative estimate of drug-likeness (QED) is 0.0714. The van der Waals surface area contributed by atoms with E-state index in [9.17, 15) is 24.9 Å². The molecule has 1 unspecified atom stereocenters. The molecule has 4 aromatic rings. The van der Waals surface area contributed by atoms with Gasteiger partial charge in [0.1, 0.15) is 11.5 Å². The highest BCUT2D eigenvalue weighted by molar-refractivity contribution is 5.87. The second-order valence-electron chi connectivity index (χ2n) is 14.1. The highest BCUT2D eigenvalue weighted by Gasteiger charge is 2.43. The number of phenols is 1. The van der Waals surface area contributed by atoms with Gasteiger partial charge in [0.2, 0.25) is 5.56 Å². The first-order chi connectivity index (χ1) is 24.9. The summed E-state index contributed by atoms with van der Waals surface area (Å²) in [4.78, 5) is 31.3. The van der Waals surface area contributed by atoms with Gasteiger partial charge in [-0.1, -0.05) is 80.6 Å². The lowest BCUT2D eigenvalue weighted by Crippen LogP contribution is -2.59. The first-order valence-corrected chi connectivity index (χ1v) is 18.6. The number of piperidine rings is 3. The summed E-state index contributed by atoms with van der Waals surface area (Å²) in [6.07, 6.45) is 8.15. The number of aliphatic hydroxyl groups is 1. The Bertz CT molecular complexity index is 1770. The molecule has 1 aromatic heterocycles. The summed E-state index contributed by atoms with van der Waals surface area (Å²) in [6.45, 7) is 4.75. The van der Waals surface area contributed by atoms with E-state index >= 15 is 0 Å². The third kappa shape index (κ3) is 9.30. The Labute approximate surface area is 300 Å². The molecule has 3 saturated heterocycles. The Morgan fingerprint density at radius 2 is 1.63 bits per heavy atom. The van der Waals surface area contributed by atoms with Crippen molar-refractivity contribution in [2.24, 2.45) is 5.92 Å². The van der Waals surface area contributed by atoms with Crippen molar-refractivity contribution >= 4 is 17.0 Å². The fourth-order valence-corrected chi connectivity index (χ4v) is 7.94. The Morgan fingerprint density at radius 1 is 0.902 bits per heavy atom. The van der Waals surface area contributed by atoms with Crippen molar-refractivity contribution in [3.63, 3.8) is 0 Å². The van der Waals surface area contributed by atoms with Gasteiger partial charge in [-0.3, -0.25) is 9.69 Å². The van der Waals surface area contributed by atoms with E-state index in [-0.39, 0.29) is 17.4 Å². The number of rotatable bonds is 18. The van der Waals surface area contributed by atoms with Crippen molar-refractivity contribution in [3.8, 4) is 11.5 Å². The monoisotopic (exact) mass is 696 g/mol. The van der Waals surface area contributed by atoms with E-state index in [2.05, 4.69) is 15.2 Å². The molecule has 2 bridgehead atoms. The third-order valence-electron chi connectivity index (χ3n) is 10.6. The lowest BCUT2D eigenvalue weighted by atomic mass is 9.81. The van der Waals surface area contributed by atoms with Crippen LogP contribution in [0.5, 0.6) is 11.5 Å². The molecule has 5 N–H and O–H groups in total. The largest absolute Gasteiger partial charge is 0.506 e. The van der Waals surface area contributed by atoms with Crippen LogP contribution in [0.25, 0.3) is 10.9 Å². The van der Waals surface area contributed by atoms with Gasteiger partial charge in [-0.05, 0) is 92.2 Å². The molecule has 3 aliphatic heterocycles. The van der Waals surface area contributed by atoms with E-state index in [1.54, 1.807) is 17.0 Å². The van der Waals surface area contributed by atoms with Crippen LogP contribution in [-0.2, 0) is 0 Å². The molecule has 0 saturated carbocycles. The molecule has 4 heterocycles. The second kappa shape index (κ2) is 17.7. The van der Waals surface area contributed by atoms with Crippen molar-refractivity contribution in [2.45, 2.75) is 76.0 Å². The zero-order valence-corrected chi connectivity index (χ0v) is 29.4. The molecule has 3 atom stereocenters. The number of nitrogens with zero attached hydrogens (tertiary/aromatic N) is 2. The highest BCUT2D eigenvalue weighted by atomic mass is 16.5. The number of phenolic OH excluding ortho intramolecular Hbond substituents is 1. The Morgan fingerprint density at radius 3 is 2.35 bits per heavy atom. The summed E-state index contributed by atoms with van der Waals surface area (Å²) >= 11 is 0. The summed E-state index contributed by atoms with van der Waals surface area (Å²) < 4.78 is 6.19. The molecule has 7 rings (SSSR count). The van der Waals surface area contributed by atoms with Crippen molar-refractivity contribution in [2.75, 3.05) is 39.3 Å². The predicted molar refractivity (Wildman–Crippen MR) is 199 cm³/mol. The summed E-state index contributed by atoms with van der Waals surface area (Å²) in [5.74, 6) is 1.16. The standard InChI is InChI=1S/C41H52N4O6/c46-36-18-16-33(34-17-19-38(48)43-39(34)36)37(47)27-42-22-9-4-2-1-3-5-10-25-51-32-15-11-14-31(26-32)40(30-12-7-6-8-13-30)45(41(49)50)35-28-44-23-20-29(35)21-24-44/h6-8,11-19,26,29,35,37,40,42,46-47H,1-5,9-10,20-25,27-28H2,(H,43,48)(H,49,50)/t35-,37-,40?/m0/s1. The molecular formula is C41H52N4O6. The molecule has 51 heavy (non-hydrogen) atoms. The maximum absolute atomic E-state index is 12.9. The molecule has 1 amide bonds. The number of amides is 1. The molecule has 0 spiro atoms. The molecule has 272 valence electrons. The van der Waals surface area contributed by atoms with Gasteiger partial charge in [-0.2, -0.15) is 0 Å². The number of nitrogens with one attached hydrogen (secondary N) is 2. The van der Waals surface area contributed by atoms with Crippen LogP contribution in [0.4, 0.5) is 4.79 Å². The zero-order valence-electron chi connectivity index (χ0n) is 29.4. The first kappa shape index (κ1) is 36.4. The SMILES string of the molecule is O=C(O)N(C(c1ccccc1)c1cccc(OCCCCCCCCCNC[C@H](O)c2ccc(O)c3[nH]c(=O)ccc23)c1)[C@H]1CN2CCC1CC2. The van der Waals surface area contributed by atoms with Gasteiger partial charge in [0, 0.05) is 24.5 Å². The fraction of sp³-hybridized carbons (Fsp3) is 0.463. The van der Waals surface area contributed by atoms with Crippen LogP contribution in [0.1, 0.15) is 86.6 Å². The normalized spacial score (nSPS) is 19.5. The first-order valence-electron chi connectivity index (χ1n) is 18.6. The van der Waals surface area contributed by atoms with Gasteiger partial charge < -0.3 is 35.3 Å². The van der Waals surface area contributed by atoms with Gasteiger partial charge in [0.15, 0.2) is 0 Å². The number of carbonyl (C=O) groups is 1. The van der Waals surface area contributed by atoms with Crippen LogP contribution in [-0.4, -0.2) is 81.6 Å². The predicted octanol–water partition coefficient (Wildman–Crippen LogP) is 6.83. The number of aliphatic hydroxyl groups excluding tert-OH is 1. The van der Waals surface area contributed by atoms with Gasteiger partial charge >= 0.3 is 6.09 Å². The number of aromatic hydroxyl groups is 1. The van der Waals surface area contributed by atoms with E-state index in [1.807, 2.05) is 54.6 Å². The average Bonchev–Trinajstić information content (AvgIpc) is 3.15. The van der Waals surface area contributed by atoms with Crippen molar-refractivity contribution in [1.29, 1.82) is 0 Å². The number of ether oxygens (including phenoxy) is 1. The lowest BCUT2D eigenvalue weighted by Gasteiger charge is -2.50. The Kier molecular flexibility index (Phi) is 12.6. The van der Waals surface area contributed by atoms with Crippen LogP contribution in [0.2, 0.25) is 0 Å². The second-order valence-corrected chi connectivity index (χ2v) is 14.1. The maximum Gasteiger partial charge on any atom is 0.408 e. The molecule has 3 aliphatic rings. The third-order valence-corrected chi connectivity index (χ3v) is 10.6.